The summed E-state index contributed by atoms with van der Waals surface area (Å²) in [5, 5.41) is 9.14. The third-order valence-corrected chi connectivity index (χ3v) is 2.73. The van der Waals surface area contributed by atoms with Gasteiger partial charge in [0.15, 0.2) is 0 Å². The zero-order valence-electron chi connectivity index (χ0n) is 9.03. The fourth-order valence-electron chi connectivity index (χ4n) is 1.78. The van der Waals surface area contributed by atoms with E-state index in [1.165, 1.54) is 18.2 Å². The second-order valence-corrected chi connectivity index (χ2v) is 3.92. The normalized spacial score (nSPS) is 17.9. The van der Waals surface area contributed by atoms with Crippen molar-refractivity contribution in [1.82, 2.24) is 0 Å². The Labute approximate surface area is 99.9 Å². The fourth-order valence-corrected chi connectivity index (χ4v) is 1.78. The summed E-state index contributed by atoms with van der Waals surface area (Å²) in [4.78, 5) is 11.2. The lowest BCUT2D eigenvalue weighted by molar-refractivity contribution is -0.275. The molecule has 1 aliphatic rings. The van der Waals surface area contributed by atoms with Crippen molar-refractivity contribution in [2.24, 2.45) is 0 Å². The molecule has 1 N–H and O–H groups in total. The predicted molar refractivity (Wildman–Crippen MR) is 53.3 cm³/mol. The molecular weight excluding hydrogens is 253 g/mol. The lowest BCUT2D eigenvalue weighted by Crippen LogP contribution is -2.53. The highest BCUT2D eigenvalue weighted by molar-refractivity contribution is 5.84. The Morgan fingerprint density at radius 1 is 1.33 bits per heavy atom. The monoisotopic (exact) mass is 262 g/mol. The highest BCUT2D eigenvalue weighted by Gasteiger charge is 2.50. The van der Waals surface area contributed by atoms with Crippen molar-refractivity contribution in [3.8, 4) is 5.75 Å². The molecule has 1 heterocycles. The van der Waals surface area contributed by atoms with Crippen LogP contribution in [0, 0.1) is 0 Å². The molecule has 4 nitrogen and oxygen atoms in total. The highest BCUT2D eigenvalue weighted by atomic mass is 19.4. The Balaban J connectivity index is 2.41. The number of hydrogen-bond donors (Lipinski definition) is 1. The summed E-state index contributed by atoms with van der Waals surface area (Å²) in [6.07, 6.45) is -4.86. The Morgan fingerprint density at radius 2 is 1.94 bits per heavy atom. The number of rotatable bonds is 3. The molecule has 0 spiro atoms. The standard InChI is InChI=1S/C11H9F3O4/c12-11(13,14)18-8-4-2-1-3-7(8)10(9(15)16)5-17-6-10/h1-4H,5-6H2,(H,15,16). The Kier molecular flexibility index (Phi) is 2.94. The maximum absolute atomic E-state index is 12.2. The number of hydrogen-bond acceptors (Lipinski definition) is 3. The first kappa shape index (κ1) is 12.7. The van der Waals surface area contributed by atoms with E-state index in [0.29, 0.717) is 0 Å². The van der Waals surface area contributed by atoms with Gasteiger partial charge in [-0.3, -0.25) is 4.79 Å². The van der Waals surface area contributed by atoms with Gasteiger partial charge in [-0.25, -0.2) is 0 Å². The molecule has 0 aromatic heterocycles. The Hall–Kier alpha value is -1.76. The summed E-state index contributed by atoms with van der Waals surface area (Å²) in [5.74, 6) is -1.73. The first-order valence-electron chi connectivity index (χ1n) is 5.01. The molecule has 1 aromatic carbocycles. The summed E-state index contributed by atoms with van der Waals surface area (Å²) in [6, 6.07) is 5.20. The molecule has 1 aliphatic heterocycles. The largest absolute Gasteiger partial charge is 0.573 e. The van der Waals surface area contributed by atoms with Crippen molar-refractivity contribution in [3.63, 3.8) is 0 Å². The highest BCUT2D eigenvalue weighted by Crippen LogP contribution is 2.39. The van der Waals surface area contributed by atoms with E-state index in [1.54, 1.807) is 0 Å². The average molecular weight is 262 g/mol. The molecule has 98 valence electrons. The maximum atomic E-state index is 12.2. The van der Waals surface area contributed by atoms with Crippen LogP contribution in [-0.4, -0.2) is 30.7 Å². The van der Waals surface area contributed by atoms with Crippen LogP contribution in [0.15, 0.2) is 24.3 Å². The predicted octanol–water partition coefficient (Wildman–Crippen LogP) is 1.94. The van der Waals surface area contributed by atoms with E-state index in [1.807, 2.05) is 0 Å². The van der Waals surface area contributed by atoms with Gasteiger partial charge in [0.1, 0.15) is 11.2 Å². The van der Waals surface area contributed by atoms with Gasteiger partial charge in [-0.2, -0.15) is 0 Å². The van der Waals surface area contributed by atoms with Gasteiger partial charge in [0, 0.05) is 5.56 Å². The van der Waals surface area contributed by atoms with Gasteiger partial charge in [-0.05, 0) is 6.07 Å². The third kappa shape index (κ3) is 2.13. The van der Waals surface area contributed by atoms with Crippen molar-refractivity contribution in [1.29, 1.82) is 0 Å². The first-order valence-corrected chi connectivity index (χ1v) is 5.01. The first-order chi connectivity index (χ1) is 8.35. The van der Waals surface area contributed by atoms with Gasteiger partial charge in [-0.1, -0.05) is 18.2 Å². The Bertz CT molecular complexity index is 466. The van der Waals surface area contributed by atoms with E-state index in [0.717, 1.165) is 6.07 Å². The van der Waals surface area contributed by atoms with Crippen LogP contribution in [0.25, 0.3) is 0 Å². The minimum Gasteiger partial charge on any atom is -0.480 e. The van der Waals surface area contributed by atoms with Gasteiger partial charge in [-0.15, -0.1) is 13.2 Å². The summed E-state index contributed by atoms with van der Waals surface area (Å²) < 4.78 is 45.4. The van der Waals surface area contributed by atoms with Crippen LogP contribution in [-0.2, 0) is 14.9 Å². The number of ether oxygens (including phenoxy) is 2. The number of benzene rings is 1. The van der Waals surface area contributed by atoms with E-state index in [9.17, 15) is 18.0 Å². The molecule has 1 aromatic rings. The van der Waals surface area contributed by atoms with E-state index in [-0.39, 0.29) is 18.8 Å². The summed E-state index contributed by atoms with van der Waals surface area (Å²) in [5.41, 5.74) is -1.48. The molecule has 7 heteroatoms. The van der Waals surface area contributed by atoms with Gasteiger partial charge in [0.2, 0.25) is 0 Å². The molecule has 1 saturated heterocycles. The van der Waals surface area contributed by atoms with Crippen molar-refractivity contribution in [2.45, 2.75) is 11.8 Å². The van der Waals surface area contributed by atoms with Crippen LogP contribution in [0.3, 0.4) is 0 Å². The van der Waals surface area contributed by atoms with Crippen LogP contribution < -0.4 is 4.74 Å². The van der Waals surface area contributed by atoms with Crippen LogP contribution >= 0.6 is 0 Å². The molecule has 0 atom stereocenters. The summed E-state index contributed by atoms with van der Waals surface area (Å²) in [6.45, 7) is -0.332. The zero-order chi connectivity index (χ0) is 13.4. The molecule has 0 saturated carbocycles. The molecule has 1 fully saturated rings. The maximum Gasteiger partial charge on any atom is 0.573 e. The average Bonchev–Trinajstić information content (AvgIpc) is 2.15. The van der Waals surface area contributed by atoms with Crippen molar-refractivity contribution >= 4 is 5.97 Å². The molecular formula is C11H9F3O4. The fraction of sp³-hybridized carbons (Fsp3) is 0.364. The number of halogens is 3. The van der Waals surface area contributed by atoms with E-state index in [2.05, 4.69) is 4.74 Å². The number of carboxylic acids is 1. The number of carbonyl (C=O) groups is 1. The molecule has 0 bridgehead atoms. The van der Waals surface area contributed by atoms with Crippen LogP contribution in [0.2, 0.25) is 0 Å². The molecule has 18 heavy (non-hydrogen) atoms. The summed E-state index contributed by atoms with van der Waals surface area (Å²) >= 11 is 0. The van der Waals surface area contributed by atoms with Gasteiger partial charge < -0.3 is 14.6 Å². The quantitative estimate of drug-likeness (QED) is 0.904. The number of alkyl halides is 3. The summed E-state index contributed by atoms with van der Waals surface area (Å²) in [7, 11) is 0. The minimum atomic E-state index is -4.86. The lowest BCUT2D eigenvalue weighted by Gasteiger charge is -2.38. The topological polar surface area (TPSA) is 55.8 Å². The van der Waals surface area contributed by atoms with Crippen LogP contribution in [0.4, 0.5) is 13.2 Å². The lowest BCUT2D eigenvalue weighted by atomic mass is 9.78. The van der Waals surface area contributed by atoms with Gasteiger partial charge in [0.25, 0.3) is 0 Å². The van der Waals surface area contributed by atoms with Crippen LogP contribution in [0.5, 0.6) is 5.75 Å². The third-order valence-electron chi connectivity index (χ3n) is 2.73. The molecule has 2 rings (SSSR count). The number of carboxylic acid groups (broad SMARTS) is 1. The second-order valence-electron chi connectivity index (χ2n) is 3.92. The van der Waals surface area contributed by atoms with Gasteiger partial charge >= 0.3 is 12.3 Å². The SMILES string of the molecule is O=C(O)C1(c2ccccc2OC(F)(F)F)COC1. The molecule has 0 unspecified atom stereocenters. The second kappa shape index (κ2) is 4.16. The Morgan fingerprint density at radius 3 is 2.39 bits per heavy atom. The van der Waals surface area contributed by atoms with Crippen molar-refractivity contribution in [3.05, 3.63) is 29.8 Å². The van der Waals surface area contributed by atoms with Crippen molar-refractivity contribution in [2.75, 3.05) is 13.2 Å². The van der Waals surface area contributed by atoms with Crippen molar-refractivity contribution < 1.29 is 32.5 Å². The van der Waals surface area contributed by atoms with E-state index >= 15 is 0 Å². The number of aliphatic carboxylic acids is 1. The van der Waals surface area contributed by atoms with E-state index in [4.69, 9.17) is 9.84 Å². The molecule has 0 aliphatic carbocycles. The molecule has 0 radical (unpaired) electrons. The number of para-hydroxylation sites is 1. The minimum absolute atomic E-state index is 0.0268. The van der Waals surface area contributed by atoms with Crippen LogP contribution in [0.1, 0.15) is 5.56 Å². The zero-order valence-corrected chi connectivity index (χ0v) is 9.03. The van der Waals surface area contributed by atoms with Gasteiger partial charge in [0.05, 0.1) is 13.2 Å². The smallest absolute Gasteiger partial charge is 0.480 e. The molecule has 0 amide bonds. The van der Waals surface area contributed by atoms with E-state index < -0.39 is 23.5 Å².